The van der Waals surface area contributed by atoms with Crippen molar-refractivity contribution in [3.05, 3.63) is 69.7 Å². The molecule has 0 aliphatic heterocycles. The van der Waals surface area contributed by atoms with E-state index in [1.54, 1.807) is 6.07 Å². The zero-order chi connectivity index (χ0) is 15.4. The number of halogens is 3. The number of nitrogens with one attached hydrogen (secondary N) is 1. The first-order valence-corrected chi connectivity index (χ1v) is 7.71. The molecule has 0 saturated carbocycles. The fourth-order valence-electron chi connectivity index (χ4n) is 2.40. The van der Waals surface area contributed by atoms with Crippen LogP contribution in [-0.4, -0.2) is 6.04 Å². The number of hydrogen-bond donors (Lipinski definition) is 1. The van der Waals surface area contributed by atoms with E-state index in [2.05, 4.69) is 33.4 Å². The van der Waals surface area contributed by atoms with Crippen LogP contribution in [0.15, 0.2) is 46.9 Å². The molecule has 2 atom stereocenters. The predicted octanol–water partition coefficient (Wildman–Crippen LogP) is 5.01. The van der Waals surface area contributed by atoms with Crippen molar-refractivity contribution in [1.29, 1.82) is 0 Å². The van der Waals surface area contributed by atoms with Gasteiger partial charge in [-0.25, -0.2) is 8.78 Å². The molecule has 112 valence electrons. The molecule has 0 aliphatic rings. The summed E-state index contributed by atoms with van der Waals surface area (Å²) in [5.41, 5.74) is 1.56. The standard InChI is InChI=1S/C17H18BrF2N/c1-11(10-13-6-8-14(18)9-7-13)21-12(2)15-4-3-5-16(19)17(15)20/h3-9,11-12,21H,10H2,1-2H3. The largest absolute Gasteiger partial charge is 0.307 e. The maximum Gasteiger partial charge on any atom is 0.163 e. The van der Waals surface area contributed by atoms with Gasteiger partial charge in [-0.3, -0.25) is 0 Å². The van der Waals surface area contributed by atoms with Gasteiger partial charge in [-0.15, -0.1) is 0 Å². The van der Waals surface area contributed by atoms with Gasteiger partial charge in [-0.1, -0.05) is 40.2 Å². The van der Waals surface area contributed by atoms with Gasteiger partial charge >= 0.3 is 0 Å². The van der Waals surface area contributed by atoms with Crippen LogP contribution in [-0.2, 0) is 6.42 Å². The molecule has 0 fully saturated rings. The van der Waals surface area contributed by atoms with Gasteiger partial charge in [0, 0.05) is 22.1 Å². The third-order valence-electron chi connectivity index (χ3n) is 3.44. The van der Waals surface area contributed by atoms with Gasteiger partial charge in [-0.05, 0) is 44.0 Å². The summed E-state index contributed by atoms with van der Waals surface area (Å²) < 4.78 is 28.1. The first kappa shape index (κ1) is 16.1. The second-order valence-corrected chi connectivity index (χ2v) is 6.18. The lowest BCUT2D eigenvalue weighted by Crippen LogP contribution is -2.31. The van der Waals surface area contributed by atoms with Crippen molar-refractivity contribution in [3.63, 3.8) is 0 Å². The Morgan fingerprint density at radius 3 is 2.38 bits per heavy atom. The van der Waals surface area contributed by atoms with E-state index in [9.17, 15) is 8.78 Å². The predicted molar refractivity (Wildman–Crippen MR) is 85.2 cm³/mol. The lowest BCUT2D eigenvalue weighted by molar-refractivity contribution is 0.441. The normalized spacial score (nSPS) is 14.0. The van der Waals surface area contributed by atoms with Gasteiger partial charge in [0.1, 0.15) is 0 Å². The minimum absolute atomic E-state index is 0.156. The van der Waals surface area contributed by atoms with Crippen molar-refractivity contribution < 1.29 is 8.78 Å². The number of rotatable bonds is 5. The molecule has 0 radical (unpaired) electrons. The topological polar surface area (TPSA) is 12.0 Å². The SMILES string of the molecule is CC(Cc1ccc(Br)cc1)NC(C)c1cccc(F)c1F. The average Bonchev–Trinajstić information content (AvgIpc) is 2.44. The summed E-state index contributed by atoms with van der Waals surface area (Å²) in [6.45, 7) is 3.88. The lowest BCUT2D eigenvalue weighted by atomic mass is 10.0. The fourth-order valence-corrected chi connectivity index (χ4v) is 2.67. The van der Waals surface area contributed by atoms with Crippen LogP contribution in [0.25, 0.3) is 0 Å². The van der Waals surface area contributed by atoms with Crippen molar-refractivity contribution in [2.75, 3.05) is 0 Å². The molecule has 1 nitrogen and oxygen atoms in total. The monoisotopic (exact) mass is 353 g/mol. The highest BCUT2D eigenvalue weighted by Crippen LogP contribution is 2.20. The second kappa shape index (κ2) is 7.14. The summed E-state index contributed by atoms with van der Waals surface area (Å²) in [6, 6.07) is 12.3. The van der Waals surface area contributed by atoms with Crippen LogP contribution in [0.4, 0.5) is 8.78 Å². The summed E-state index contributed by atoms with van der Waals surface area (Å²) in [5.74, 6) is -1.57. The molecule has 1 N–H and O–H groups in total. The maximum absolute atomic E-state index is 13.8. The van der Waals surface area contributed by atoms with E-state index < -0.39 is 11.6 Å². The molecule has 4 heteroatoms. The molecule has 2 aromatic carbocycles. The molecule has 0 amide bonds. The van der Waals surface area contributed by atoms with E-state index in [0.29, 0.717) is 5.56 Å². The first-order valence-electron chi connectivity index (χ1n) is 6.91. The Hall–Kier alpha value is -1.26. The summed E-state index contributed by atoms with van der Waals surface area (Å²) >= 11 is 3.40. The minimum atomic E-state index is -0.804. The van der Waals surface area contributed by atoms with Crippen molar-refractivity contribution >= 4 is 15.9 Å². The molecular weight excluding hydrogens is 336 g/mol. The summed E-state index contributed by atoms with van der Waals surface area (Å²) in [4.78, 5) is 0. The van der Waals surface area contributed by atoms with E-state index in [1.165, 1.54) is 11.6 Å². The molecule has 0 saturated heterocycles. The van der Waals surface area contributed by atoms with E-state index in [-0.39, 0.29) is 12.1 Å². The Morgan fingerprint density at radius 2 is 1.71 bits per heavy atom. The van der Waals surface area contributed by atoms with Crippen LogP contribution in [0, 0.1) is 11.6 Å². The van der Waals surface area contributed by atoms with Crippen LogP contribution in [0.3, 0.4) is 0 Å². The van der Waals surface area contributed by atoms with Gasteiger partial charge in [-0.2, -0.15) is 0 Å². The highest BCUT2D eigenvalue weighted by atomic mass is 79.9. The van der Waals surface area contributed by atoms with Gasteiger partial charge in [0.25, 0.3) is 0 Å². The molecule has 2 aromatic rings. The molecule has 2 unspecified atom stereocenters. The van der Waals surface area contributed by atoms with Gasteiger partial charge in [0.05, 0.1) is 0 Å². The van der Waals surface area contributed by atoms with Crippen molar-refractivity contribution in [1.82, 2.24) is 5.32 Å². The van der Waals surface area contributed by atoms with Crippen LogP contribution in [0.1, 0.15) is 31.0 Å². The lowest BCUT2D eigenvalue weighted by Gasteiger charge is -2.21. The Morgan fingerprint density at radius 1 is 1.05 bits per heavy atom. The van der Waals surface area contributed by atoms with Gasteiger partial charge in [0.2, 0.25) is 0 Å². The quantitative estimate of drug-likeness (QED) is 0.796. The van der Waals surface area contributed by atoms with Crippen molar-refractivity contribution in [2.24, 2.45) is 0 Å². The molecule has 0 aromatic heterocycles. The Kier molecular flexibility index (Phi) is 5.48. The van der Waals surface area contributed by atoms with E-state index in [4.69, 9.17) is 0 Å². The minimum Gasteiger partial charge on any atom is -0.307 e. The second-order valence-electron chi connectivity index (χ2n) is 5.26. The van der Waals surface area contributed by atoms with Gasteiger partial charge < -0.3 is 5.32 Å². The summed E-state index contributed by atoms with van der Waals surface area (Å²) in [6.07, 6.45) is 0.828. The molecule has 0 aliphatic carbocycles. The smallest absolute Gasteiger partial charge is 0.163 e. The highest BCUT2D eigenvalue weighted by molar-refractivity contribution is 9.10. The van der Waals surface area contributed by atoms with Crippen molar-refractivity contribution in [3.8, 4) is 0 Å². The molecule has 2 rings (SSSR count). The highest BCUT2D eigenvalue weighted by Gasteiger charge is 2.16. The number of benzene rings is 2. The van der Waals surface area contributed by atoms with Crippen LogP contribution in [0.2, 0.25) is 0 Å². The van der Waals surface area contributed by atoms with E-state index in [1.807, 2.05) is 26.0 Å². The molecule has 0 spiro atoms. The Bertz CT molecular complexity index is 598. The van der Waals surface area contributed by atoms with Gasteiger partial charge in [0.15, 0.2) is 11.6 Å². The molecular formula is C17H18BrF2N. The fraction of sp³-hybridized carbons (Fsp3) is 0.294. The van der Waals surface area contributed by atoms with Crippen LogP contribution in [0.5, 0.6) is 0 Å². The van der Waals surface area contributed by atoms with E-state index in [0.717, 1.165) is 17.0 Å². The third kappa shape index (κ3) is 4.35. The zero-order valence-electron chi connectivity index (χ0n) is 12.0. The molecule has 21 heavy (non-hydrogen) atoms. The van der Waals surface area contributed by atoms with Crippen LogP contribution >= 0.6 is 15.9 Å². The molecule has 0 heterocycles. The van der Waals surface area contributed by atoms with Crippen molar-refractivity contribution in [2.45, 2.75) is 32.4 Å². The Balaban J connectivity index is 2.00. The van der Waals surface area contributed by atoms with Crippen LogP contribution < -0.4 is 5.32 Å². The summed E-state index contributed by atoms with van der Waals surface area (Å²) in [5, 5.41) is 3.31. The first-order chi connectivity index (χ1) is 9.97. The zero-order valence-corrected chi connectivity index (χ0v) is 13.6. The number of hydrogen-bond acceptors (Lipinski definition) is 1. The molecule has 0 bridgehead atoms. The Labute approximate surface area is 132 Å². The maximum atomic E-state index is 13.8. The third-order valence-corrected chi connectivity index (χ3v) is 3.97. The van der Waals surface area contributed by atoms with E-state index >= 15 is 0 Å². The average molecular weight is 354 g/mol. The summed E-state index contributed by atoms with van der Waals surface area (Å²) in [7, 11) is 0.